The third kappa shape index (κ3) is 5.15. The normalized spacial score (nSPS) is 15.4. The molecule has 1 saturated carbocycles. The first kappa shape index (κ1) is 19.5. The SMILES string of the molecule is CCn1c(S[C@@H](C)C(=O)Nc2ccc(OC(F)(F)F)cc2)nnc1C1CC1. The summed E-state index contributed by atoms with van der Waals surface area (Å²) >= 11 is 1.30. The number of thioether (sulfide) groups is 1. The summed E-state index contributed by atoms with van der Waals surface area (Å²) in [6.45, 7) is 4.48. The van der Waals surface area contributed by atoms with E-state index in [-0.39, 0.29) is 11.7 Å². The van der Waals surface area contributed by atoms with Crippen LogP contribution in [-0.4, -0.2) is 32.3 Å². The van der Waals surface area contributed by atoms with Crippen LogP contribution < -0.4 is 10.1 Å². The number of hydrogen-bond donors (Lipinski definition) is 1. The van der Waals surface area contributed by atoms with Gasteiger partial charge in [0.1, 0.15) is 11.6 Å². The van der Waals surface area contributed by atoms with Gasteiger partial charge in [-0.3, -0.25) is 4.79 Å². The van der Waals surface area contributed by atoms with E-state index >= 15 is 0 Å². The number of ether oxygens (including phenoxy) is 1. The van der Waals surface area contributed by atoms with Gasteiger partial charge in [0.15, 0.2) is 5.16 Å². The molecule has 0 unspecified atom stereocenters. The minimum Gasteiger partial charge on any atom is -0.406 e. The van der Waals surface area contributed by atoms with E-state index < -0.39 is 11.6 Å². The Morgan fingerprint density at radius 2 is 2.00 bits per heavy atom. The van der Waals surface area contributed by atoms with Crippen molar-refractivity contribution in [2.45, 2.75) is 55.9 Å². The highest BCUT2D eigenvalue weighted by atomic mass is 32.2. The summed E-state index contributed by atoms with van der Waals surface area (Å²) in [4.78, 5) is 12.4. The molecule has 1 aliphatic rings. The number of carbonyl (C=O) groups is 1. The number of rotatable bonds is 7. The van der Waals surface area contributed by atoms with Gasteiger partial charge >= 0.3 is 6.36 Å². The second kappa shape index (κ2) is 7.79. The average Bonchev–Trinajstić information content (AvgIpc) is 3.36. The molecule has 10 heteroatoms. The molecule has 1 fully saturated rings. The maximum Gasteiger partial charge on any atom is 0.573 e. The fourth-order valence-electron chi connectivity index (χ4n) is 2.52. The van der Waals surface area contributed by atoms with Crippen LogP contribution in [0.2, 0.25) is 0 Å². The fraction of sp³-hybridized carbons (Fsp3) is 0.471. The summed E-state index contributed by atoms with van der Waals surface area (Å²) in [7, 11) is 0. The van der Waals surface area contributed by atoms with Crippen molar-refractivity contribution >= 4 is 23.4 Å². The Labute approximate surface area is 158 Å². The number of nitrogens with one attached hydrogen (secondary N) is 1. The predicted octanol–water partition coefficient (Wildman–Crippen LogP) is 4.19. The first-order chi connectivity index (χ1) is 12.8. The lowest BCUT2D eigenvalue weighted by Crippen LogP contribution is -2.23. The Morgan fingerprint density at radius 1 is 1.33 bits per heavy atom. The van der Waals surface area contributed by atoms with Gasteiger partial charge in [0.2, 0.25) is 5.91 Å². The van der Waals surface area contributed by atoms with Crippen LogP contribution in [-0.2, 0) is 11.3 Å². The van der Waals surface area contributed by atoms with E-state index in [4.69, 9.17) is 0 Å². The summed E-state index contributed by atoms with van der Waals surface area (Å²) in [6, 6.07) is 5.01. The van der Waals surface area contributed by atoms with Crippen molar-refractivity contribution in [3.63, 3.8) is 0 Å². The number of halogens is 3. The van der Waals surface area contributed by atoms with Crippen LogP contribution in [0, 0.1) is 0 Å². The van der Waals surface area contributed by atoms with Crippen LogP contribution in [0.1, 0.15) is 38.4 Å². The third-order valence-corrected chi connectivity index (χ3v) is 5.09. The van der Waals surface area contributed by atoms with E-state index in [1.165, 1.54) is 23.9 Å². The second-order valence-corrected chi connectivity index (χ2v) is 7.49. The van der Waals surface area contributed by atoms with E-state index in [2.05, 4.69) is 20.3 Å². The maximum atomic E-state index is 12.4. The van der Waals surface area contributed by atoms with E-state index in [1.807, 2.05) is 11.5 Å². The molecule has 3 rings (SSSR count). The van der Waals surface area contributed by atoms with Gasteiger partial charge in [0.05, 0.1) is 5.25 Å². The van der Waals surface area contributed by atoms with Crippen LogP contribution in [0.15, 0.2) is 29.4 Å². The molecule has 1 aromatic carbocycles. The van der Waals surface area contributed by atoms with Crippen molar-refractivity contribution in [1.82, 2.24) is 14.8 Å². The highest BCUT2D eigenvalue weighted by molar-refractivity contribution is 8.00. The number of carbonyl (C=O) groups excluding carboxylic acids is 1. The molecular weight excluding hydrogens is 381 g/mol. The molecule has 0 spiro atoms. The van der Waals surface area contributed by atoms with Crippen LogP contribution in [0.3, 0.4) is 0 Å². The van der Waals surface area contributed by atoms with Gasteiger partial charge in [0, 0.05) is 18.2 Å². The first-order valence-corrected chi connectivity index (χ1v) is 9.41. The fourth-order valence-corrected chi connectivity index (χ4v) is 3.44. The molecule has 1 N–H and O–H groups in total. The van der Waals surface area contributed by atoms with Crippen molar-refractivity contribution in [2.24, 2.45) is 0 Å². The standard InChI is InChI=1S/C17H19F3N4O2S/c1-3-24-14(11-4-5-11)22-23-16(24)27-10(2)15(25)21-12-6-8-13(9-7-12)26-17(18,19)20/h6-11H,3-5H2,1-2H3,(H,21,25)/t10-/m0/s1. The Morgan fingerprint density at radius 3 is 2.56 bits per heavy atom. The molecule has 1 aromatic heterocycles. The smallest absolute Gasteiger partial charge is 0.406 e. The average molecular weight is 400 g/mol. The first-order valence-electron chi connectivity index (χ1n) is 8.53. The van der Waals surface area contributed by atoms with Crippen LogP contribution in [0.5, 0.6) is 5.75 Å². The molecule has 0 saturated heterocycles. The van der Waals surface area contributed by atoms with Crippen molar-refractivity contribution in [3.05, 3.63) is 30.1 Å². The van der Waals surface area contributed by atoms with Gasteiger partial charge < -0.3 is 14.6 Å². The molecule has 1 atom stereocenters. The quantitative estimate of drug-likeness (QED) is 0.706. The Hall–Kier alpha value is -2.23. The monoisotopic (exact) mass is 400 g/mol. The highest BCUT2D eigenvalue weighted by Crippen LogP contribution is 2.40. The topological polar surface area (TPSA) is 69.0 Å². The molecule has 2 aromatic rings. The van der Waals surface area contributed by atoms with Gasteiger partial charge in [-0.15, -0.1) is 23.4 Å². The number of aromatic nitrogens is 3. The maximum absolute atomic E-state index is 12.4. The van der Waals surface area contributed by atoms with Gasteiger partial charge in [-0.25, -0.2) is 0 Å². The lowest BCUT2D eigenvalue weighted by molar-refractivity contribution is -0.274. The minimum atomic E-state index is -4.75. The molecule has 1 heterocycles. The minimum absolute atomic E-state index is 0.275. The van der Waals surface area contributed by atoms with Crippen LogP contribution >= 0.6 is 11.8 Å². The van der Waals surface area contributed by atoms with Crippen molar-refractivity contribution in [1.29, 1.82) is 0 Å². The summed E-state index contributed by atoms with van der Waals surface area (Å²) in [5, 5.41) is 11.4. The van der Waals surface area contributed by atoms with Crippen molar-refractivity contribution in [2.75, 3.05) is 5.32 Å². The highest BCUT2D eigenvalue weighted by Gasteiger charge is 2.31. The molecule has 0 radical (unpaired) electrons. The number of benzene rings is 1. The lowest BCUT2D eigenvalue weighted by Gasteiger charge is -2.13. The largest absolute Gasteiger partial charge is 0.573 e. The predicted molar refractivity (Wildman–Crippen MR) is 94.7 cm³/mol. The van der Waals surface area contributed by atoms with Gasteiger partial charge in [0.25, 0.3) is 0 Å². The molecule has 27 heavy (non-hydrogen) atoms. The van der Waals surface area contributed by atoms with Gasteiger partial charge in [-0.1, -0.05) is 11.8 Å². The molecule has 146 valence electrons. The van der Waals surface area contributed by atoms with Crippen LogP contribution in [0.25, 0.3) is 0 Å². The number of hydrogen-bond acceptors (Lipinski definition) is 5. The summed E-state index contributed by atoms with van der Waals surface area (Å²) in [5.41, 5.74) is 0.387. The van der Waals surface area contributed by atoms with E-state index in [9.17, 15) is 18.0 Å². The molecule has 1 amide bonds. The van der Waals surface area contributed by atoms with Gasteiger partial charge in [-0.05, 0) is 51.0 Å². The Balaban J connectivity index is 1.59. The van der Waals surface area contributed by atoms with Crippen molar-refractivity contribution in [3.8, 4) is 5.75 Å². The third-order valence-electron chi connectivity index (χ3n) is 4.01. The molecule has 0 aliphatic heterocycles. The summed E-state index contributed by atoms with van der Waals surface area (Å²) in [6.07, 6.45) is -2.51. The Bertz CT molecular complexity index is 804. The Kier molecular flexibility index (Phi) is 5.64. The van der Waals surface area contributed by atoms with E-state index in [0.717, 1.165) is 37.3 Å². The molecular formula is C17H19F3N4O2S. The molecule has 1 aliphatic carbocycles. The van der Waals surface area contributed by atoms with E-state index in [1.54, 1.807) is 6.92 Å². The zero-order valence-corrected chi connectivity index (χ0v) is 15.6. The zero-order valence-electron chi connectivity index (χ0n) is 14.8. The summed E-state index contributed by atoms with van der Waals surface area (Å²) < 4.78 is 42.4. The second-order valence-electron chi connectivity index (χ2n) is 6.18. The number of alkyl halides is 3. The van der Waals surface area contributed by atoms with Gasteiger partial charge in [-0.2, -0.15) is 0 Å². The summed E-state index contributed by atoms with van der Waals surface area (Å²) in [5.74, 6) is 0.816. The molecule has 0 bridgehead atoms. The van der Waals surface area contributed by atoms with E-state index in [0.29, 0.717) is 16.8 Å². The number of amides is 1. The van der Waals surface area contributed by atoms with Crippen LogP contribution in [0.4, 0.5) is 18.9 Å². The number of anilines is 1. The lowest BCUT2D eigenvalue weighted by atomic mass is 10.3. The zero-order chi connectivity index (χ0) is 19.6. The molecule has 6 nitrogen and oxygen atoms in total. The number of nitrogens with zero attached hydrogens (tertiary/aromatic N) is 3. The van der Waals surface area contributed by atoms with Crippen molar-refractivity contribution < 1.29 is 22.7 Å².